The van der Waals surface area contributed by atoms with E-state index in [9.17, 15) is 18.8 Å². The van der Waals surface area contributed by atoms with E-state index in [0.717, 1.165) is 0 Å². The monoisotopic (exact) mass is 613 g/mol. The van der Waals surface area contributed by atoms with Crippen LogP contribution in [0.4, 0.5) is 20.6 Å². The lowest BCUT2D eigenvalue weighted by atomic mass is 10.0. The molecular weight excluding hydrogens is 581 g/mol. The maximum Gasteiger partial charge on any atom is 0.415 e. The second-order valence-corrected chi connectivity index (χ2v) is 11.1. The topological polar surface area (TPSA) is 131 Å². The fourth-order valence-electron chi connectivity index (χ4n) is 5.17. The van der Waals surface area contributed by atoms with Gasteiger partial charge in [0.05, 0.1) is 12.6 Å². The van der Waals surface area contributed by atoms with Crippen LogP contribution in [0.5, 0.6) is 23.0 Å². The number of anilines is 2. The Balaban J connectivity index is 1.14. The third kappa shape index (κ3) is 6.36. The van der Waals surface area contributed by atoms with E-state index in [1.165, 1.54) is 31.4 Å². The molecule has 0 radical (unpaired) electrons. The standard InChI is InChI=1S/C33H32FN5O6/c1-20-19-35-15-16-39(20)32(42)45-29-17-25-26(18-28(29)43-2)36-14-11-27(25)44-24-9-7-23(8-10-24)38-31(41)33(12-13-33)30(40)37-22-5-3-21(34)4-6-22/h3-11,14,17-18,20,35H,12-13,15-16,19H2,1-2H3,(H,37,40)(H,38,41)/t20-/m1/s1. The van der Waals surface area contributed by atoms with Gasteiger partial charge >= 0.3 is 6.09 Å². The number of amides is 3. The first-order valence-corrected chi connectivity index (χ1v) is 14.6. The molecule has 2 heterocycles. The van der Waals surface area contributed by atoms with Gasteiger partial charge in [-0.05, 0) is 80.4 Å². The Labute approximate surface area is 258 Å². The average molecular weight is 614 g/mol. The molecule has 12 heteroatoms. The molecule has 0 unspecified atom stereocenters. The Morgan fingerprint density at radius 2 is 1.60 bits per heavy atom. The lowest BCUT2D eigenvalue weighted by Gasteiger charge is -2.33. The number of fused-ring (bicyclic) bond motifs is 1. The van der Waals surface area contributed by atoms with Crippen molar-refractivity contribution in [2.45, 2.75) is 25.8 Å². The Bertz CT molecular complexity index is 1740. The summed E-state index contributed by atoms with van der Waals surface area (Å²) in [6, 6.07) is 17.2. The van der Waals surface area contributed by atoms with Crippen molar-refractivity contribution in [3.8, 4) is 23.0 Å². The summed E-state index contributed by atoms with van der Waals surface area (Å²) in [6.45, 7) is 3.86. The Morgan fingerprint density at radius 3 is 2.22 bits per heavy atom. The Morgan fingerprint density at radius 1 is 0.933 bits per heavy atom. The fourth-order valence-corrected chi connectivity index (χ4v) is 5.17. The Hall–Kier alpha value is -5.23. The lowest BCUT2D eigenvalue weighted by molar-refractivity contribution is -0.131. The van der Waals surface area contributed by atoms with Gasteiger partial charge in [0.15, 0.2) is 11.5 Å². The summed E-state index contributed by atoms with van der Waals surface area (Å²) in [6.07, 6.45) is 1.97. The van der Waals surface area contributed by atoms with Crippen LogP contribution in [0.15, 0.2) is 72.9 Å². The number of ether oxygens (including phenoxy) is 3. The minimum absolute atomic E-state index is 0.0144. The van der Waals surface area contributed by atoms with Gasteiger partial charge in [0.2, 0.25) is 11.8 Å². The van der Waals surface area contributed by atoms with Gasteiger partial charge in [-0.1, -0.05) is 0 Å². The number of pyridine rings is 1. The molecule has 2 aliphatic rings. The first-order valence-electron chi connectivity index (χ1n) is 14.6. The predicted octanol–water partition coefficient (Wildman–Crippen LogP) is 5.32. The van der Waals surface area contributed by atoms with Crippen LogP contribution in [-0.2, 0) is 9.59 Å². The van der Waals surface area contributed by atoms with Crippen LogP contribution in [-0.4, -0.2) is 60.6 Å². The second-order valence-electron chi connectivity index (χ2n) is 11.1. The number of rotatable bonds is 8. The molecule has 0 spiro atoms. The van der Waals surface area contributed by atoms with Crippen molar-refractivity contribution in [3.63, 3.8) is 0 Å². The van der Waals surface area contributed by atoms with Gasteiger partial charge in [-0.15, -0.1) is 0 Å². The van der Waals surface area contributed by atoms with Crippen LogP contribution in [0.3, 0.4) is 0 Å². The molecule has 0 bridgehead atoms. The fraction of sp³-hybridized carbons (Fsp3) is 0.273. The summed E-state index contributed by atoms with van der Waals surface area (Å²) in [5, 5.41) is 9.37. The molecule has 1 aliphatic heterocycles. The lowest BCUT2D eigenvalue weighted by Crippen LogP contribution is -2.53. The molecule has 232 valence electrons. The zero-order valence-electron chi connectivity index (χ0n) is 24.8. The van der Waals surface area contributed by atoms with Crippen molar-refractivity contribution in [3.05, 3.63) is 78.7 Å². The summed E-state index contributed by atoms with van der Waals surface area (Å²) in [5.41, 5.74) is 0.319. The van der Waals surface area contributed by atoms with Crippen LogP contribution in [0.25, 0.3) is 10.9 Å². The van der Waals surface area contributed by atoms with E-state index >= 15 is 0 Å². The highest BCUT2D eigenvalue weighted by Crippen LogP contribution is 2.47. The van der Waals surface area contributed by atoms with Gasteiger partial charge in [0.1, 0.15) is 22.7 Å². The number of benzene rings is 3. The summed E-state index contributed by atoms with van der Waals surface area (Å²) < 4.78 is 30.6. The number of halogens is 1. The van der Waals surface area contributed by atoms with E-state index in [1.807, 2.05) is 6.92 Å². The van der Waals surface area contributed by atoms with Gasteiger partial charge in [-0.25, -0.2) is 9.18 Å². The van der Waals surface area contributed by atoms with E-state index in [-0.39, 0.29) is 11.8 Å². The highest BCUT2D eigenvalue weighted by molar-refractivity contribution is 6.16. The van der Waals surface area contributed by atoms with Crippen molar-refractivity contribution in [2.75, 3.05) is 37.4 Å². The number of carbonyl (C=O) groups excluding carboxylic acids is 3. The van der Waals surface area contributed by atoms with Gasteiger partial charge < -0.3 is 35.1 Å². The molecule has 1 saturated carbocycles. The third-order valence-electron chi connectivity index (χ3n) is 7.98. The quantitative estimate of drug-likeness (QED) is 0.228. The van der Waals surface area contributed by atoms with Crippen LogP contribution < -0.4 is 30.2 Å². The smallest absolute Gasteiger partial charge is 0.415 e. The third-order valence-corrected chi connectivity index (χ3v) is 7.98. The molecular formula is C33H32FN5O6. The van der Waals surface area contributed by atoms with E-state index in [1.54, 1.807) is 53.6 Å². The average Bonchev–Trinajstić information content (AvgIpc) is 3.86. The minimum Gasteiger partial charge on any atom is -0.493 e. The first-order chi connectivity index (χ1) is 21.8. The molecule has 6 rings (SSSR count). The highest BCUT2D eigenvalue weighted by Gasteiger charge is 2.56. The predicted molar refractivity (Wildman–Crippen MR) is 165 cm³/mol. The number of carbonyl (C=O) groups is 3. The SMILES string of the molecule is COc1cc2nccc(Oc3ccc(NC(=O)C4(C(=O)Nc5ccc(F)cc5)CC4)cc3)c2cc1OC(=O)N1CCNC[C@H]1C. The van der Waals surface area contributed by atoms with E-state index < -0.39 is 29.1 Å². The van der Waals surface area contributed by atoms with Crippen molar-refractivity contribution in [2.24, 2.45) is 5.41 Å². The summed E-state index contributed by atoms with van der Waals surface area (Å²) in [5.74, 6) is 0.309. The van der Waals surface area contributed by atoms with Crippen LogP contribution >= 0.6 is 0 Å². The van der Waals surface area contributed by atoms with Gasteiger partial charge in [0, 0.05) is 54.7 Å². The molecule has 3 N–H and O–H groups in total. The molecule has 3 aromatic carbocycles. The molecule has 1 aromatic heterocycles. The van der Waals surface area contributed by atoms with E-state index in [2.05, 4.69) is 20.9 Å². The van der Waals surface area contributed by atoms with Gasteiger partial charge in [-0.3, -0.25) is 14.6 Å². The largest absolute Gasteiger partial charge is 0.493 e. The van der Waals surface area contributed by atoms with Crippen LogP contribution in [0.2, 0.25) is 0 Å². The minimum atomic E-state index is -1.18. The zero-order chi connectivity index (χ0) is 31.6. The number of piperazine rings is 1. The molecule has 1 atom stereocenters. The maximum atomic E-state index is 13.2. The van der Waals surface area contributed by atoms with Gasteiger partial charge in [-0.2, -0.15) is 0 Å². The van der Waals surface area contributed by atoms with Crippen LogP contribution in [0, 0.1) is 11.2 Å². The number of methoxy groups -OCH3 is 1. The summed E-state index contributed by atoms with van der Waals surface area (Å²) >= 11 is 0. The normalized spacial score (nSPS) is 16.9. The molecule has 45 heavy (non-hydrogen) atoms. The molecule has 2 fully saturated rings. The van der Waals surface area contributed by atoms with Crippen molar-refractivity contribution < 1.29 is 33.0 Å². The number of hydrogen-bond donors (Lipinski definition) is 3. The zero-order valence-corrected chi connectivity index (χ0v) is 24.8. The van der Waals surface area contributed by atoms with Crippen molar-refractivity contribution in [1.29, 1.82) is 0 Å². The first kappa shape index (κ1) is 29.8. The molecule has 3 amide bonds. The molecule has 4 aromatic rings. The van der Waals surface area contributed by atoms with Crippen molar-refractivity contribution >= 4 is 40.2 Å². The molecule has 11 nitrogen and oxygen atoms in total. The Kier molecular flexibility index (Phi) is 8.22. The van der Waals surface area contributed by atoms with Crippen LogP contribution in [0.1, 0.15) is 19.8 Å². The summed E-state index contributed by atoms with van der Waals surface area (Å²) in [7, 11) is 1.50. The molecule has 1 aliphatic carbocycles. The number of aromatic nitrogens is 1. The van der Waals surface area contributed by atoms with Gasteiger partial charge in [0.25, 0.3) is 0 Å². The maximum absolute atomic E-state index is 13.2. The summed E-state index contributed by atoms with van der Waals surface area (Å²) in [4.78, 5) is 45.0. The molecule has 1 saturated heterocycles. The highest BCUT2D eigenvalue weighted by atomic mass is 19.1. The van der Waals surface area contributed by atoms with E-state index in [4.69, 9.17) is 14.2 Å². The number of hydrogen-bond acceptors (Lipinski definition) is 8. The second kappa shape index (κ2) is 12.4. The number of nitrogens with zero attached hydrogens (tertiary/aromatic N) is 2. The number of nitrogens with one attached hydrogen (secondary N) is 3. The van der Waals surface area contributed by atoms with E-state index in [0.29, 0.717) is 72.0 Å². The van der Waals surface area contributed by atoms with Crippen molar-refractivity contribution in [1.82, 2.24) is 15.2 Å².